The molecule has 1 aromatic carbocycles. The van der Waals surface area contributed by atoms with Crippen LogP contribution in [0.3, 0.4) is 0 Å². The standard InChI is InChI=1S/C15H18BrN3/c1-15(9-17,12-5-6-12)19-10-18-8-14(19)11-3-2-4-13(16)7-11/h2-4,7-8,10,12H,5-6,9,17H2,1H3. The van der Waals surface area contributed by atoms with E-state index in [9.17, 15) is 0 Å². The smallest absolute Gasteiger partial charge is 0.0956 e. The summed E-state index contributed by atoms with van der Waals surface area (Å²) in [5.74, 6) is 0.678. The van der Waals surface area contributed by atoms with Crippen LogP contribution in [0, 0.1) is 5.92 Å². The Morgan fingerprint density at radius 3 is 2.89 bits per heavy atom. The molecule has 1 unspecified atom stereocenters. The predicted octanol–water partition coefficient (Wildman–Crippen LogP) is 3.40. The molecule has 0 bridgehead atoms. The van der Waals surface area contributed by atoms with Crippen molar-refractivity contribution < 1.29 is 0 Å². The molecule has 0 amide bonds. The van der Waals surface area contributed by atoms with Crippen molar-refractivity contribution in [1.29, 1.82) is 0 Å². The molecule has 1 saturated carbocycles. The molecule has 1 heterocycles. The van der Waals surface area contributed by atoms with Crippen LogP contribution in [0.25, 0.3) is 11.3 Å². The minimum Gasteiger partial charge on any atom is -0.328 e. The van der Waals surface area contributed by atoms with E-state index >= 15 is 0 Å². The normalized spacial score (nSPS) is 18.3. The van der Waals surface area contributed by atoms with Crippen LogP contribution in [0.2, 0.25) is 0 Å². The second kappa shape index (κ2) is 4.76. The topological polar surface area (TPSA) is 43.8 Å². The second-order valence-corrected chi connectivity index (χ2v) is 6.41. The predicted molar refractivity (Wildman–Crippen MR) is 80.8 cm³/mol. The highest BCUT2D eigenvalue weighted by atomic mass is 79.9. The van der Waals surface area contributed by atoms with Gasteiger partial charge in [-0.15, -0.1) is 0 Å². The largest absolute Gasteiger partial charge is 0.328 e. The minimum atomic E-state index is -0.0197. The molecule has 3 rings (SSSR count). The summed E-state index contributed by atoms with van der Waals surface area (Å²) in [6, 6.07) is 8.32. The van der Waals surface area contributed by atoms with Crippen molar-refractivity contribution in [3.63, 3.8) is 0 Å². The molecule has 2 aromatic rings. The molecule has 100 valence electrons. The summed E-state index contributed by atoms with van der Waals surface area (Å²) in [6.45, 7) is 2.89. The number of benzene rings is 1. The summed E-state index contributed by atoms with van der Waals surface area (Å²) in [5.41, 5.74) is 8.35. The van der Waals surface area contributed by atoms with E-state index in [-0.39, 0.29) is 5.54 Å². The molecule has 1 fully saturated rings. The lowest BCUT2D eigenvalue weighted by atomic mass is 9.94. The zero-order valence-electron chi connectivity index (χ0n) is 11.0. The van der Waals surface area contributed by atoms with E-state index in [1.165, 1.54) is 18.4 Å². The van der Waals surface area contributed by atoms with Crippen LogP contribution < -0.4 is 5.73 Å². The summed E-state index contributed by atoms with van der Waals surface area (Å²) in [4.78, 5) is 4.34. The average Bonchev–Trinajstić information content (AvgIpc) is 3.15. The van der Waals surface area contributed by atoms with E-state index in [0.29, 0.717) is 12.5 Å². The summed E-state index contributed by atoms with van der Waals surface area (Å²) in [6.07, 6.45) is 6.38. The number of rotatable bonds is 4. The Balaban J connectivity index is 2.07. The molecule has 0 saturated heterocycles. The molecule has 1 aliphatic carbocycles. The van der Waals surface area contributed by atoms with E-state index in [4.69, 9.17) is 5.73 Å². The van der Waals surface area contributed by atoms with E-state index in [0.717, 1.165) is 10.2 Å². The molecule has 0 radical (unpaired) electrons. The van der Waals surface area contributed by atoms with Gasteiger partial charge in [0.1, 0.15) is 0 Å². The Morgan fingerprint density at radius 2 is 2.26 bits per heavy atom. The van der Waals surface area contributed by atoms with Crippen LogP contribution in [-0.2, 0) is 5.54 Å². The maximum Gasteiger partial charge on any atom is 0.0956 e. The number of halogens is 1. The number of hydrogen-bond donors (Lipinski definition) is 1. The van der Waals surface area contributed by atoms with Gasteiger partial charge in [-0.05, 0) is 37.8 Å². The number of nitrogens with two attached hydrogens (primary N) is 1. The molecule has 19 heavy (non-hydrogen) atoms. The van der Waals surface area contributed by atoms with Crippen LogP contribution in [-0.4, -0.2) is 16.1 Å². The van der Waals surface area contributed by atoms with E-state index in [2.05, 4.69) is 44.5 Å². The molecule has 4 heteroatoms. The van der Waals surface area contributed by atoms with Crippen LogP contribution in [0.4, 0.5) is 0 Å². The Morgan fingerprint density at radius 1 is 1.47 bits per heavy atom. The van der Waals surface area contributed by atoms with Crippen molar-refractivity contribution in [1.82, 2.24) is 9.55 Å². The number of aromatic nitrogens is 2. The average molecular weight is 320 g/mol. The molecule has 3 nitrogen and oxygen atoms in total. The fourth-order valence-corrected chi connectivity index (χ4v) is 3.13. The fraction of sp³-hybridized carbons (Fsp3) is 0.400. The monoisotopic (exact) mass is 319 g/mol. The molecule has 1 aliphatic rings. The van der Waals surface area contributed by atoms with Gasteiger partial charge >= 0.3 is 0 Å². The summed E-state index contributed by atoms with van der Waals surface area (Å²) < 4.78 is 3.34. The van der Waals surface area contributed by atoms with Crippen LogP contribution in [0.15, 0.2) is 41.3 Å². The van der Waals surface area contributed by atoms with Gasteiger partial charge in [0.25, 0.3) is 0 Å². The van der Waals surface area contributed by atoms with Crippen molar-refractivity contribution in [2.75, 3.05) is 6.54 Å². The van der Waals surface area contributed by atoms with Gasteiger partial charge in [0.05, 0.1) is 23.8 Å². The Labute approximate surface area is 122 Å². The van der Waals surface area contributed by atoms with Crippen LogP contribution in [0.1, 0.15) is 19.8 Å². The van der Waals surface area contributed by atoms with E-state index in [1.54, 1.807) is 0 Å². The summed E-state index contributed by atoms with van der Waals surface area (Å²) in [5, 5.41) is 0. The maximum atomic E-state index is 6.06. The Hall–Kier alpha value is -1.13. The zero-order chi connectivity index (χ0) is 13.5. The van der Waals surface area contributed by atoms with Crippen molar-refractivity contribution in [3.05, 3.63) is 41.3 Å². The van der Waals surface area contributed by atoms with Crippen LogP contribution >= 0.6 is 15.9 Å². The SMILES string of the molecule is CC(CN)(C1CC1)n1cncc1-c1cccc(Br)c1. The zero-order valence-corrected chi connectivity index (χ0v) is 12.6. The van der Waals surface area contributed by atoms with Gasteiger partial charge in [-0.2, -0.15) is 0 Å². The Kier molecular flexibility index (Phi) is 3.23. The molecule has 0 spiro atoms. The van der Waals surface area contributed by atoms with Gasteiger partial charge in [0.2, 0.25) is 0 Å². The van der Waals surface area contributed by atoms with Crippen molar-refractivity contribution >= 4 is 15.9 Å². The highest BCUT2D eigenvalue weighted by Crippen LogP contribution is 2.45. The molecule has 1 atom stereocenters. The fourth-order valence-electron chi connectivity index (χ4n) is 2.73. The highest BCUT2D eigenvalue weighted by molar-refractivity contribution is 9.10. The first kappa shape index (κ1) is 12.9. The van der Waals surface area contributed by atoms with Crippen LogP contribution in [0.5, 0.6) is 0 Å². The minimum absolute atomic E-state index is 0.0197. The molecule has 1 aromatic heterocycles. The molecule has 0 aliphatic heterocycles. The lowest BCUT2D eigenvalue weighted by Crippen LogP contribution is -2.40. The quantitative estimate of drug-likeness (QED) is 0.938. The molecular weight excluding hydrogens is 302 g/mol. The third-order valence-electron chi connectivity index (χ3n) is 4.18. The maximum absolute atomic E-state index is 6.06. The van der Waals surface area contributed by atoms with E-state index < -0.39 is 0 Å². The number of imidazole rings is 1. The first-order chi connectivity index (χ1) is 9.15. The molecular formula is C15H18BrN3. The van der Waals surface area contributed by atoms with Gasteiger partial charge in [-0.3, -0.25) is 0 Å². The van der Waals surface area contributed by atoms with Crippen molar-refractivity contribution in [2.24, 2.45) is 11.7 Å². The first-order valence-corrected chi connectivity index (χ1v) is 7.43. The third-order valence-corrected chi connectivity index (χ3v) is 4.67. The van der Waals surface area contributed by atoms with Gasteiger partial charge in [-0.1, -0.05) is 28.1 Å². The Bertz CT molecular complexity index is 589. The van der Waals surface area contributed by atoms with Crippen molar-refractivity contribution in [3.8, 4) is 11.3 Å². The lowest BCUT2D eigenvalue weighted by molar-refractivity contribution is 0.284. The van der Waals surface area contributed by atoms with E-state index in [1.807, 2.05) is 24.7 Å². The molecule has 2 N–H and O–H groups in total. The van der Waals surface area contributed by atoms with Crippen molar-refractivity contribution in [2.45, 2.75) is 25.3 Å². The third kappa shape index (κ3) is 2.23. The number of hydrogen-bond acceptors (Lipinski definition) is 2. The second-order valence-electron chi connectivity index (χ2n) is 5.49. The lowest BCUT2D eigenvalue weighted by Gasteiger charge is -2.32. The van der Waals surface area contributed by atoms with Gasteiger partial charge in [0.15, 0.2) is 0 Å². The van der Waals surface area contributed by atoms with Gasteiger partial charge < -0.3 is 10.3 Å². The first-order valence-electron chi connectivity index (χ1n) is 6.64. The summed E-state index contributed by atoms with van der Waals surface area (Å²) >= 11 is 3.53. The van der Waals surface area contributed by atoms with Gasteiger partial charge in [0, 0.05) is 16.6 Å². The summed E-state index contributed by atoms with van der Waals surface area (Å²) in [7, 11) is 0. The number of nitrogens with zero attached hydrogens (tertiary/aromatic N) is 2. The van der Waals surface area contributed by atoms with Gasteiger partial charge in [-0.25, -0.2) is 4.98 Å². The highest BCUT2D eigenvalue weighted by Gasteiger charge is 2.42.